The van der Waals surface area contributed by atoms with Crippen LogP contribution in [0.2, 0.25) is 0 Å². The van der Waals surface area contributed by atoms with Gasteiger partial charge in [-0.05, 0) is 60.0 Å². The van der Waals surface area contributed by atoms with Gasteiger partial charge in [-0.1, -0.05) is 57.7 Å². The molecule has 3 aliphatic carbocycles. The van der Waals surface area contributed by atoms with Crippen LogP contribution >= 0.6 is 0 Å². The molecule has 8 unspecified atom stereocenters. The van der Waals surface area contributed by atoms with Gasteiger partial charge in [0, 0.05) is 37.2 Å². The van der Waals surface area contributed by atoms with Crippen LogP contribution in [0.3, 0.4) is 0 Å². The highest BCUT2D eigenvalue weighted by Crippen LogP contribution is 2.60. The van der Waals surface area contributed by atoms with Crippen LogP contribution in [0.5, 0.6) is 0 Å². The van der Waals surface area contributed by atoms with E-state index in [1.54, 1.807) is 13.0 Å². The fraction of sp³-hybridized carbons (Fsp3) is 0.545. The summed E-state index contributed by atoms with van der Waals surface area (Å²) in [6, 6.07) is 9.38. The van der Waals surface area contributed by atoms with Gasteiger partial charge in [0.1, 0.15) is 18.3 Å². The molecule has 2 bridgehead atoms. The van der Waals surface area contributed by atoms with E-state index in [4.69, 9.17) is 14.2 Å². The molecule has 8 nitrogen and oxygen atoms in total. The lowest BCUT2D eigenvalue weighted by Crippen LogP contribution is -2.63. The minimum Gasteiger partial charge on any atom is -0.462 e. The number of aliphatic hydroxyl groups is 2. The van der Waals surface area contributed by atoms with Crippen LogP contribution < -0.4 is 0 Å². The van der Waals surface area contributed by atoms with Gasteiger partial charge in [0.2, 0.25) is 0 Å². The van der Waals surface area contributed by atoms with Crippen LogP contribution in [0.25, 0.3) is 6.08 Å². The average Bonchev–Trinajstić information content (AvgIpc) is 2.89. The highest BCUT2D eigenvalue weighted by molar-refractivity contribution is 5.87. The van der Waals surface area contributed by atoms with Crippen molar-refractivity contribution in [1.29, 1.82) is 0 Å². The molecule has 2 fully saturated rings. The predicted octanol–water partition coefficient (Wildman–Crippen LogP) is 4.55. The van der Waals surface area contributed by atoms with Crippen LogP contribution in [0, 0.1) is 22.7 Å². The summed E-state index contributed by atoms with van der Waals surface area (Å²) in [6.07, 6.45) is -0.495. The third kappa shape index (κ3) is 5.77. The second-order valence-corrected chi connectivity index (χ2v) is 12.5. The van der Waals surface area contributed by atoms with Crippen molar-refractivity contribution in [3.8, 4) is 0 Å². The number of carbonyl (C=O) groups is 3. The lowest BCUT2D eigenvalue weighted by Gasteiger charge is -2.59. The fourth-order valence-corrected chi connectivity index (χ4v) is 7.48. The second kappa shape index (κ2) is 11.6. The zero-order valence-electron chi connectivity index (χ0n) is 24.8. The first-order valence-corrected chi connectivity index (χ1v) is 14.2. The molecular formula is C33H42O8. The van der Waals surface area contributed by atoms with Crippen LogP contribution in [-0.2, 0) is 28.6 Å². The molecular weight excluding hydrogens is 524 g/mol. The van der Waals surface area contributed by atoms with Crippen LogP contribution in [-0.4, -0.2) is 58.6 Å². The van der Waals surface area contributed by atoms with Crippen molar-refractivity contribution < 1.29 is 38.8 Å². The molecule has 222 valence electrons. The normalized spacial score (nSPS) is 34.7. The monoisotopic (exact) mass is 566 g/mol. The Hall–Kier alpha value is -3.23. The Bertz CT molecular complexity index is 1260. The van der Waals surface area contributed by atoms with E-state index in [-0.39, 0.29) is 0 Å². The molecule has 1 aromatic carbocycles. The van der Waals surface area contributed by atoms with E-state index in [2.05, 4.69) is 6.58 Å². The van der Waals surface area contributed by atoms with E-state index in [1.165, 1.54) is 19.9 Å². The Labute approximate surface area is 242 Å². The Morgan fingerprint density at radius 1 is 1.00 bits per heavy atom. The highest BCUT2D eigenvalue weighted by Gasteiger charge is 2.62. The Morgan fingerprint density at radius 2 is 1.63 bits per heavy atom. The van der Waals surface area contributed by atoms with Crippen molar-refractivity contribution in [2.45, 2.75) is 91.3 Å². The van der Waals surface area contributed by atoms with Gasteiger partial charge in [0.25, 0.3) is 0 Å². The first kappa shape index (κ1) is 30.7. The molecule has 0 spiro atoms. The van der Waals surface area contributed by atoms with E-state index in [1.807, 2.05) is 51.1 Å². The van der Waals surface area contributed by atoms with Crippen molar-refractivity contribution in [3.05, 3.63) is 65.3 Å². The Kier molecular flexibility index (Phi) is 8.67. The summed E-state index contributed by atoms with van der Waals surface area (Å²) in [5.41, 5.74) is 0.979. The van der Waals surface area contributed by atoms with Gasteiger partial charge in [-0.3, -0.25) is 9.59 Å². The molecule has 0 radical (unpaired) electrons. The van der Waals surface area contributed by atoms with Crippen LogP contribution in [0.4, 0.5) is 0 Å². The highest BCUT2D eigenvalue weighted by atomic mass is 16.6. The minimum absolute atomic E-state index is 0.299. The number of benzene rings is 1. The van der Waals surface area contributed by atoms with Gasteiger partial charge in [-0.25, -0.2) is 4.79 Å². The van der Waals surface area contributed by atoms with Gasteiger partial charge in [-0.15, -0.1) is 0 Å². The molecule has 1 aromatic rings. The maximum atomic E-state index is 12.9. The van der Waals surface area contributed by atoms with Crippen LogP contribution in [0.1, 0.15) is 66.4 Å². The third-order valence-electron chi connectivity index (χ3n) is 9.53. The molecule has 8 atom stereocenters. The number of ether oxygens (including phenoxy) is 3. The fourth-order valence-electron chi connectivity index (χ4n) is 7.48. The molecule has 41 heavy (non-hydrogen) atoms. The lowest BCUT2D eigenvalue weighted by atomic mass is 9.49. The topological polar surface area (TPSA) is 119 Å². The predicted molar refractivity (Wildman–Crippen MR) is 153 cm³/mol. The summed E-state index contributed by atoms with van der Waals surface area (Å²) in [7, 11) is 0. The lowest BCUT2D eigenvalue weighted by molar-refractivity contribution is -0.192. The first-order valence-electron chi connectivity index (χ1n) is 14.2. The van der Waals surface area contributed by atoms with Gasteiger partial charge in [0.05, 0.1) is 6.10 Å². The maximum absolute atomic E-state index is 12.9. The second-order valence-electron chi connectivity index (χ2n) is 12.5. The number of aliphatic hydroxyl groups excluding tert-OH is 2. The van der Waals surface area contributed by atoms with E-state index in [9.17, 15) is 24.6 Å². The van der Waals surface area contributed by atoms with Gasteiger partial charge < -0.3 is 24.4 Å². The third-order valence-corrected chi connectivity index (χ3v) is 9.53. The largest absolute Gasteiger partial charge is 0.462 e. The number of carbonyl (C=O) groups excluding carboxylic acids is 3. The van der Waals surface area contributed by atoms with Crippen molar-refractivity contribution in [2.75, 3.05) is 0 Å². The molecule has 2 N–H and O–H groups in total. The van der Waals surface area contributed by atoms with E-state index in [0.29, 0.717) is 36.0 Å². The molecule has 0 aliphatic heterocycles. The van der Waals surface area contributed by atoms with Gasteiger partial charge in [0.15, 0.2) is 6.10 Å². The maximum Gasteiger partial charge on any atom is 0.331 e. The molecule has 0 amide bonds. The number of esters is 3. The first-order chi connectivity index (χ1) is 19.2. The summed E-state index contributed by atoms with van der Waals surface area (Å²) in [6.45, 7) is 14.6. The molecule has 2 saturated carbocycles. The average molecular weight is 567 g/mol. The smallest absolute Gasteiger partial charge is 0.331 e. The summed E-state index contributed by atoms with van der Waals surface area (Å²) in [5, 5.41) is 23.2. The summed E-state index contributed by atoms with van der Waals surface area (Å²) in [4.78, 5) is 37.7. The zero-order chi connectivity index (χ0) is 30.3. The molecule has 0 aromatic heterocycles. The van der Waals surface area contributed by atoms with Crippen molar-refractivity contribution in [3.63, 3.8) is 0 Å². The Balaban J connectivity index is 1.78. The number of rotatable bonds is 5. The molecule has 4 rings (SSSR count). The molecule has 8 heteroatoms. The van der Waals surface area contributed by atoms with E-state index >= 15 is 0 Å². The summed E-state index contributed by atoms with van der Waals surface area (Å²) >= 11 is 0. The SMILES string of the molecule is C=C1C(OC(=O)C=Cc2ccccc2)CCC2(C)C(O)C(OC(C)=O)C3=C(C)C(O)CC(C(OC(C)=O)C12)C3(C)C. The van der Waals surface area contributed by atoms with Gasteiger partial charge >= 0.3 is 17.9 Å². The number of hydrogen-bond acceptors (Lipinski definition) is 8. The standard InChI is InChI=1S/C33H42O8/c1-18-24(36)17-23-29(39-20(3)34)28-19(2)25(41-26(37)14-13-22-11-9-8-10-12-22)15-16-33(28,7)31(38)30(40-21(4)35)27(18)32(23,5)6/h8-14,23-25,28-31,36,38H,2,15-17H2,1,3-7H3. The van der Waals surface area contributed by atoms with E-state index < -0.39 is 71.1 Å². The molecule has 3 aliphatic rings. The van der Waals surface area contributed by atoms with E-state index in [0.717, 1.165) is 5.56 Å². The summed E-state index contributed by atoms with van der Waals surface area (Å²) < 4.78 is 17.7. The number of fused-ring (bicyclic) bond motifs is 3. The molecule has 0 saturated heterocycles. The van der Waals surface area contributed by atoms with Crippen molar-refractivity contribution >= 4 is 24.0 Å². The van der Waals surface area contributed by atoms with Crippen LogP contribution in [0.15, 0.2) is 59.7 Å². The number of hydrogen-bond donors (Lipinski definition) is 2. The quantitative estimate of drug-likeness (QED) is 0.231. The van der Waals surface area contributed by atoms with Crippen molar-refractivity contribution in [1.82, 2.24) is 0 Å². The Morgan fingerprint density at radius 3 is 2.24 bits per heavy atom. The zero-order valence-corrected chi connectivity index (χ0v) is 24.8. The summed E-state index contributed by atoms with van der Waals surface area (Å²) in [5.74, 6) is -2.64. The van der Waals surface area contributed by atoms with Gasteiger partial charge in [-0.2, -0.15) is 0 Å². The minimum atomic E-state index is -1.21. The van der Waals surface area contributed by atoms with Crippen molar-refractivity contribution in [2.24, 2.45) is 22.7 Å². The molecule has 0 heterocycles.